The summed E-state index contributed by atoms with van der Waals surface area (Å²) in [6.45, 7) is -0.235. The zero-order chi connectivity index (χ0) is 11.3. The summed E-state index contributed by atoms with van der Waals surface area (Å²) in [7, 11) is 1.48. The number of nitrogen functional groups attached to an aromatic ring is 1. The molecule has 1 aromatic carbocycles. The molecule has 1 rings (SSSR count). The third-order valence-electron chi connectivity index (χ3n) is 1.72. The van der Waals surface area contributed by atoms with E-state index in [1.165, 1.54) is 19.2 Å². The van der Waals surface area contributed by atoms with Crippen LogP contribution in [0, 0.1) is 0 Å². The van der Waals surface area contributed by atoms with Crippen molar-refractivity contribution in [1.82, 2.24) is 0 Å². The molecule has 0 aromatic heterocycles. The van der Waals surface area contributed by atoms with Gasteiger partial charge in [0, 0.05) is 11.8 Å². The largest absolute Gasteiger partial charge is 0.497 e. The molecular weight excluding hydrogens is 198 g/mol. The minimum Gasteiger partial charge on any atom is -0.497 e. The minimum atomic E-state index is -0.533. The monoisotopic (exact) mass is 211 g/mol. The van der Waals surface area contributed by atoms with Crippen LogP contribution in [0.3, 0.4) is 0 Å². The summed E-state index contributed by atoms with van der Waals surface area (Å²) >= 11 is 0. The topological polar surface area (TPSA) is 81.8 Å². The van der Waals surface area contributed by atoms with Crippen molar-refractivity contribution < 1.29 is 19.4 Å². The van der Waals surface area contributed by atoms with E-state index in [1.807, 2.05) is 0 Å². The molecule has 3 N–H and O–H groups in total. The van der Waals surface area contributed by atoms with Crippen LogP contribution in [0.25, 0.3) is 0 Å². The van der Waals surface area contributed by atoms with E-state index in [1.54, 1.807) is 6.07 Å². The van der Waals surface area contributed by atoms with Crippen LogP contribution in [0.15, 0.2) is 18.2 Å². The predicted octanol–water partition coefficient (Wildman–Crippen LogP) is 0.426. The summed E-state index contributed by atoms with van der Waals surface area (Å²) in [5.41, 5.74) is 6.29. The summed E-state index contributed by atoms with van der Waals surface area (Å²) in [5, 5.41) is 8.49. The number of hydrogen-bond donors (Lipinski definition) is 2. The molecule has 0 saturated carbocycles. The SMILES string of the molecule is COc1cc(N)cc(C(=O)OCCO)c1. The van der Waals surface area contributed by atoms with Gasteiger partial charge in [0.05, 0.1) is 19.3 Å². The molecule has 0 fully saturated rings. The Kier molecular flexibility index (Phi) is 3.93. The number of methoxy groups -OCH3 is 1. The van der Waals surface area contributed by atoms with Crippen LogP contribution in [-0.4, -0.2) is 31.4 Å². The molecule has 0 aliphatic heterocycles. The Morgan fingerprint density at radius 1 is 1.47 bits per heavy atom. The molecule has 0 heterocycles. The Morgan fingerprint density at radius 3 is 2.80 bits per heavy atom. The Bertz CT molecular complexity index is 351. The van der Waals surface area contributed by atoms with Gasteiger partial charge in [0.2, 0.25) is 0 Å². The average molecular weight is 211 g/mol. The van der Waals surface area contributed by atoms with E-state index in [2.05, 4.69) is 0 Å². The van der Waals surface area contributed by atoms with E-state index in [0.717, 1.165) is 0 Å². The number of aliphatic hydroxyl groups is 1. The van der Waals surface area contributed by atoms with E-state index in [0.29, 0.717) is 17.0 Å². The summed E-state index contributed by atoms with van der Waals surface area (Å²) < 4.78 is 9.68. The van der Waals surface area contributed by atoms with Gasteiger partial charge in [-0.2, -0.15) is 0 Å². The molecular formula is C10H13NO4. The zero-order valence-corrected chi connectivity index (χ0v) is 8.40. The number of benzene rings is 1. The maximum Gasteiger partial charge on any atom is 0.338 e. The molecule has 0 bridgehead atoms. The van der Waals surface area contributed by atoms with Crippen LogP contribution in [0.1, 0.15) is 10.4 Å². The Labute approximate surface area is 87.4 Å². The van der Waals surface area contributed by atoms with Gasteiger partial charge in [-0.1, -0.05) is 0 Å². The van der Waals surface area contributed by atoms with Crippen LogP contribution < -0.4 is 10.5 Å². The third kappa shape index (κ3) is 3.14. The number of aliphatic hydroxyl groups excluding tert-OH is 1. The van der Waals surface area contributed by atoms with Gasteiger partial charge < -0.3 is 20.3 Å². The molecule has 1 aromatic rings. The summed E-state index contributed by atoms with van der Waals surface area (Å²) in [5.74, 6) is -0.0411. The van der Waals surface area contributed by atoms with Crippen molar-refractivity contribution in [3.8, 4) is 5.75 Å². The third-order valence-corrected chi connectivity index (χ3v) is 1.72. The molecule has 0 spiro atoms. The number of hydrogen-bond acceptors (Lipinski definition) is 5. The number of carbonyl (C=O) groups is 1. The molecule has 0 aliphatic rings. The van der Waals surface area contributed by atoms with Crippen molar-refractivity contribution >= 4 is 11.7 Å². The number of esters is 1. The summed E-state index contributed by atoms with van der Waals surface area (Å²) in [6, 6.07) is 4.61. The van der Waals surface area contributed by atoms with Crippen LogP contribution in [0.2, 0.25) is 0 Å². The first-order chi connectivity index (χ1) is 7.17. The van der Waals surface area contributed by atoms with Crippen molar-refractivity contribution in [3.63, 3.8) is 0 Å². The lowest BCUT2D eigenvalue weighted by molar-refractivity contribution is 0.0433. The molecule has 0 atom stereocenters. The van der Waals surface area contributed by atoms with E-state index in [9.17, 15) is 4.79 Å². The second-order valence-electron chi connectivity index (χ2n) is 2.85. The van der Waals surface area contributed by atoms with E-state index in [4.69, 9.17) is 20.3 Å². The molecule has 0 amide bonds. The highest BCUT2D eigenvalue weighted by Gasteiger charge is 2.09. The van der Waals surface area contributed by atoms with Gasteiger partial charge in [-0.25, -0.2) is 4.79 Å². The predicted molar refractivity (Wildman–Crippen MR) is 54.8 cm³/mol. The van der Waals surface area contributed by atoms with Crippen LogP contribution in [0.5, 0.6) is 5.75 Å². The van der Waals surface area contributed by atoms with Crippen molar-refractivity contribution in [2.45, 2.75) is 0 Å². The number of nitrogens with two attached hydrogens (primary N) is 1. The number of rotatable bonds is 4. The molecule has 0 aliphatic carbocycles. The standard InChI is InChI=1S/C10H13NO4/c1-14-9-5-7(4-8(11)6-9)10(13)15-3-2-12/h4-6,12H,2-3,11H2,1H3. The van der Waals surface area contributed by atoms with Gasteiger partial charge >= 0.3 is 5.97 Å². The summed E-state index contributed by atoms with van der Waals surface area (Å²) in [6.07, 6.45) is 0. The molecule has 5 heteroatoms. The van der Waals surface area contributed by atoms with Crippen LogP contribution >= 0.6 is 0 Å². The second-order valence-corrected chi connectivity index (χ2v) is 2.85. The first kappa shape index (κ1) is 11.3. The van der Waals surface area contributed by atoms with E-state index in [-0.39, 0.29) is 13.2 Å². The molecule has 5 nitrogen and oxygen atoms in total. The fraction of sp³-hybridized carbons (Fsp3) is 0.300. The fourth-order valence-corrected chi connectivity index (χ4v) is 1.08. The Balaban J connectivity index is 2.83. The highest BCUT2D eigenvalue weighted by Crippen LogP contribution is 2.18. The number of carbonyl (C=O) groups excluding carboxylic acids is 1. The van der Waals surface area contributed by atoms with Gasteiger partial charge in [0.25, 0.3) is 0 Å². The van der Waals surface area contributed by atoms with E-state index < -0.39 is 5.97 Å². The molecule has 0 radical (unpaired) electrons. The highest BCUT2D eigenvalue weighted by atomic mass is 16.5. The Hall–Kier alpha value is -1.75. The maximum atomic E-state index is 11.4. The van der Waals surface area contributed by atoms with Crippen molar-refractivity contribution in [2.75, 3.05) is 26.1 Å². The summed E-state index contributed by atoms with van der Waals surface area (Å²) in [4.78, 5) is 11.4. The fourth-order valence-electron chi connectivity index (χ4n) is 1.08. The maximum absolute atomic E-state index is 11.4. The average Bonchev–Trinajstić information content (AvgIpc) is 2.24. The lowest BCUT2D eigenvalue weighted by Crippen LogP contribution is -2.09. The Morgan fingerprint density at radius 2 is 2.20 bits per heavy atom. The lowest BCUT2D eigenvalue weighted by Gasteiger charge is -2.06. The van der Waals surface area contributed by atoms with Crippen molar-refractivity contribution in [3.05, 3.63) is 23.8 Å². The quantitative estimate of drug-likeness (QED) is 0.557. The first-order valence-electron chi connectivity index (χ1n) is 4.40. The normalized spacial score (nSPS) is 9.73. The highest BCUT2D eigenvalue weighted by molar-refractivity contribution is 5.91. The number of ether oxygens (including phenoxy) is 2. The van der Waals surface area contributed by atoms with E-state index >= 15 is 0 Å². The molecule has 0 saturated heterocycles. The van der Waals surface area contributed by atoms with Gasteiger partial charge in [-0.15, -0.1) is 0 Å². The molecule has 0 unspecified atom stereocenters. The lowest BCUT2D eigenvalue weighted by atomic mass is 10.2. The van der Waals surface area contributed by atoms with Crippen molar-refractivity contribution in [1.29, 1.82) is 0 Å². The van der Waals surface area contributed by atoms with Gasteiger partial charge in [-0.3, -0.25) is 0 Å². The number of anilines is 1. The molecule has 82 valence electrons. The minimum absolute atomic E-state index is 0.0318. The zero-order valence-electron chi connectivity index (χ0n) is 8.40. The van der Waals surface area contributed by atoms with Crippen LogP contribution in [-0.2, 0) is 4.74 Å². The van der Waals surface area contributed by atoms with Gasteiger partial charge in [0.15, 0.2) is 0 Å². The van der Waals surface area contributed by atoms with Crippen molar-refractivity contribution in [2.24, 2.45) is 0 Å². The van der Waals surface area contributed by atoms with Gasteiger partial charge in [-0.05, 0) is 12.1 Å². The van der Waals surface area contributed by atoms with Gasteiger partial charge in [0.1, 0.15) is 12.4 Å². The first-order valence-corrected chi connectivity index (χ1v) is 4.40. The second kappa shape index (κ2) is 5.21. The molecule has 15 heavy (non-hydrogen) atoms. The smallest absolute Gasteiger partial charge is 0.338 e. The van der Waals surface area contributed by atoms with Crippen LogP contribution in [0.4, 0.5) is 5.69 Å².